The van der Waals surface area contributed by atoms with Gasteiger partial charge in [0.25, 0.3) is 5.91 Å². The van der Waals surface area contributed by atoms with Gasteiger partial charge in [0.05, 0.1) is 30.9 Å². The molecule has 0 radical (unpaired) electrons. The van der Waals surface area contributed by atoms with E-state index in [9.17, 15) is 9.59 Å². The van der Waals surface area contributed by atoms with Crippen molar-refractivity contribution in [3.8, 4) is 28.0 Å². The number of aromatic nitrogens is 2. The number of carbonyl (C=O) groups is 2. The summed E-state index contributed by atoms with van der Waals surface area (Å²) in [5.41, 5.74) is 18.2. The zero-order chi connectivity index (χ0) is 24.9. The molecule has 0 saturated carbocycles. The Morgan fingerprint density at radius 3 is 2.69 bits per heavy atom. The van der Waals surface area contributed by atoms with Crippen molar-refractivity contribution >= 4 is 28.4 Å². The van der Waals surface area contributed by atoms with Gasteiger partial charge in [-0.3, -0.25) is 14.3 Å². The lowest BCUT2D eigenvalue weighted by Gasteiger charge is -2.16. The maximum Gasteiger partial charge on any atom is 0.256 e. The number of aryl methyl sites for hydroxylation is 1. The highest BCUT2D eigenvalue weighted by atomic mass is 16.5. The first-order valence-corrected chi connectivity index (χ1v) is 11.1. The Morgan fingerprint density at radius 2 is 1.94 bits per heavy atom. The fourth-order valence-corrected chi connectivity index (χ4v) is 4.64. The van der Waals surface area contributed by atoms with Crippen LogP contribution in [0.15, 0.2) is 66.9 Å². The number of nitrogens with zero attached hydrogens (tertiary/aromatic N) is 3. The van der Waals surface area contributed by atoms with E-state index in [4.69, 9.17) is 16.2 Å². The summed E-state index contributed by atoms with van der Waals surface area (Å²) in [4.78, 5) is 26.2. The molecule has 1 aliphatic heterocycles. The Balaban J connectivity index is 1.68. The molecule has 8 heteroatoms. The summed E-state index contributed by atoms with van der Waals surface area (Å²) in [7, 11) is 3.54. The molecule has 0 saturated heterocycles. The van der Waals surface area contributed by atoms with Crippen molar-refractivity contribution < 1.29 is 14.3 Å². The number of benzene rings is 3. The quantitative estimate of drug-likeness (QED) is 0.333. The lowest BCUT2D eigenvalue weighted by atomic mass is 9.91. The highest BCUT2D eigenvalue weighted by Gasteiger charge is 2.32. The van der Waals surface area contributed by atoms with Crippen LogP contribution in [0.2, 0.25) is 0 Å². The summed E-state index contributed by atoms with van der Waals surface area (Å²) >= 11 is 0. The summed E-state index contributed by atoms with van der Waals surface area (Å²) in [6, 6.07) is 15.7. The van der Waals surface area contributed by atoms with Gasteiger partial charge in [-0.15, -0.1) is 0 Å². The van der Waals surface area contributed by atoms with Gasteiger partial charge in [0.15, 0.2) is 0 Å². The van der Waals surface area contributed by atoms with Gasteiger partial charge in [-0.25, -0.2) is 0 Å². The van der Waals surface area contributed by atoms with Crippen molar-refractivity contribution in [2.24, 2.45) is 12.8 Å². The third-order valence-corrected chi connectivity index (χ3v) is 6.48. The van der Waals surface area contributed by atoms with E-state index in [2.05, 4.69) is 23.8 Å². The normalized spacial score (nSPS) is 12.7. The number of ether oxygens (including phenoxy) is 1. The van der Waals surface area contributed by atoms with Crippen LogP contribution in [-0.2, 0) is 18.4 Å². The predicted octanol–water partition coefficient (Wildman–Crippen LogP) is 3.50. The molecule has 1 aromatic heterocycles. The van der Waals surface area contributed by atoms with Crippen LogP contribution in [0.5, 0.6) is 5.75 Å². The first-order valence-electron chi connectivity index (χ1n) is 11.1. The smallest absolute Gasteiger partial charge is 0.256 e. The zero-order valence-corrected chi connectivity index (χ0v) is 19.5. The van der Waals surface area contributed by atoms with E-state index in [1.807, 2.05) is 48.3 Å². The van der Waals surface area contributed by atoms with Crippen LogP contribution in [0.3, 0.4) is 0 Å². The molecule has 1 aliphatic rings. The van der Waals surface area contributed by atoms with Gasteiger partial charge in [0, 0.05) is 30.2 Å². The number of hydrogen-bond acceptors (Lipinski definition) is 5. The Morgan fingerprint density at radius 1 is 1.14 bits per heavy atom. The number of methoxy groups -OCH3 is 1. The third kappa shape index (κ3) is 3.69. The van der Waals surface area contributed by atoms with Gasteiger partial charge in [-0.05, 0) is 58.1 Å². The molecule has 0 fully saturated rings. The lowest BCUT2D eigenvalue weighted by Crippen LogP contribution is -2.30. The van der Waals surface area contributed by atoms with Crippen molar-refractivity contribution in [3.05, 3.63) is 78.0 Å². The maximum absolute atomic E-state index is 13.2. The summed E-state index contributed by atoms with van der Waals surface area (Å²) in [6.07, 6.45) is 1.85. The molecule has 4 aromatic rings. The number of nitrogens with two attached hydrogens (primary N) is 2. The molecule has 4 N–H and O–H groups in total. The van der Waals surface area contributed by atoms with E-state index in [0.29, 0.717) is 17.8 Å². The molecule has 0 bridgehead atoms. The largest absolute Gasteiger partial charge is 0.497 e. The summed E-state index contributed by atoms with van der Waals surface area (Å²) in [5.74, 6) is -0.114. The van der Waals surface area contributed by atoms with Gasteiger partial charge < -0.3 is 21.1 Å². The number of amides is 2. The van der Waals surface area contributed by atoms with E-state index in [0.717, 1.165) is 44.5 Å². The fourth-order valence-electron chi connectivity index (χ4n) is 4.64. The minimum atomic E-state index is -0.633. The number of hydrogen-bond donors (Lipinski definition) is 2. The Labute approximate surface area is 202 Å². The zero-order valence-electron chi connectivity index (χ0n) is 19.5. The molecule has 35 heavy (non-hydrogen) atoms. The molecular formula is C27H25N5O3. The van der Waals surface area contributed by atoms with Crippen LogP contribution < -0.4 is 16.2 Å². The van der Waals surface area contributed by atoms with Crippen molar-refractivity contribution in [3.63, 3.8) is 0 Å². The number of fused-ring (bicyclic) bond motifs is 2. The maximum atomic E-state index is 13.2. The van der Waals surface area contributed by atoms with Gasteiger partial charge in [0.2, 0.25) is 5.91 Å². The highest BCUT2D eigenvalue weighted by molar-refractivity contribution is 6.07. The standard InChI is InChI=1S/C27H25N5O3/c1-15(26(29)33)13-32-14-22-19(7-8-23(28)25(22)27(32)34)17-10-20(16-5-4-6-18(9-16)35-3)21-12-30-31(2)24(21)11-17/h4-12H,1,13-14,28H2,2-3H3,(H2,29,33). The van der Waals surface area contributed by atoms with Crippen LogP contribution in [0, 0.1) is 0 Å². The van der Waals surface area contributed by atoms with E-state index < -0.39 is 5.91 Å². The predicted molar refractivity (Wildman–Crippen MR) is 136 cm³/mol. The molecule has 3 aromatic carbocycles. The number of anilines is 1. The Hall–Kier alpha value is -4.59. The summed E-state index contributed by atoms with van der Waals surface area (Å²) in [6.45, 7) is 4.05. The summed E-state index contributed by atoms with van der Waals surface area (Å²) < 4.78 is 7.26. The van der Waals surface area contributed by atoms with E-state index in [1.165, 1.54) is 0 Å². The Kier molecular flexibility index (Phi) is 5.28. The molecule has 0 spiro atoms. The van der Waals surface area contributed by atoms with Crippen molar-refractivity contribution in [1.29, 1.82) is 0 Å². The van der Waals surface area contributed by atoms with Gasteiger partial charge >= 0.3 is 0 Å². The highest BCUT2D eigenvalue weighted by Crippen LogP contribution is 2.40. The SMILES string of the molecule is C=C(CN1Cc2c(-c3cc(-c4cccc(OC)c4)c4cnn(C)c4c3)ccc(N)c2C1=O)C(N)=O. The van der Waals surface area contributed by atoms with Gasteiger partial charge in [-0.2, -0.15) is 5.10 Å². The van der Waals surface area contributed by atoms with Crippen LogP contribution in [0.25, 0.3) is 33.2 Å². The summed E-state index contributed by atoms with van der Waals surface area (Å²) in [5, 5.41) is 5.48. The molecule has 2 amide bonds. The van der Waals surface area contributed by atoms with E-state index in [-0.39, 0.29) is 18.0 Å². The van der Waals surface area contributed by atoms with Crippen molar-refractivity contribution in [2.75, 3.05) is 19.4 Å². The number of nitrogen functional groups attached to an aromatic ring is 1. The second-order valence-corrected chi connectivity index (χ2v) is 8.64. The van der Waals surface area contributed by atoms with Crippen LogP contribution in [0.1, 0.15) is 15.9 Å². The minimum absolute atomic E-state index is 0.0531. The average molecular weight is 468 g/mol. The number of carbonyl (C=O) groups excluding carboxylic acids is 2. The van der Waals surface area contributed by atoms with Crippen LogP contribution in [-0.4, -0.2) is 40.1 Å². The van der Waals surface area contributed by atoms with Crippen LogP contribution in [0.4, 0.5) is 5.69 Å². The molecule has 8 nitrogen and oxygen atoms in total. The van der Waals surface area contributed by atoms with Crippen LogP contribution >= 0.6 is 0 Å². The fraction of sp³-hybridized carbons (Fsp3) is 0.148. The average Bonchev–Trinajstić information content (AvgIpc) is 3.39. The van der Waals surface area contributed by atoms with Gasteiger partial charge in [-0.1, -0.05) is 24.8 Å². The Bertz CT molecular complexity index is 1540. The second-order valence-electron chi connectivity index (χ2n) is 8.64. The monoisotopic (exact) mass is 467 g/mol. The minimum Gasteiger partial charge on any atom is -0.497 e. The van der Waals surface area contributed by atoms with E-state index in [1.54, 1.807) is 18.1 Å². The molecule has 0 aliphatic carbocycles. The second kappa shape index (κ2) is 8.32. The molecular weight excluding hydrogens is 442 g/mol. The first kappa shape index (κ1) is 22.2. The lowest BCUT2D eigenvalue weighted by molar-refractivity contribution is -0.114. The van der Waals surface area contributed by atoms with Crippen molar-refractivity contribution in [1.82, 2.24) is 14.7 Å². The topological polar surface area (TPSA) is 116 Å². The number of primary amides is 1. The molecule has 0 atom stereocenters. The third-order valence-electron chi connectivity index (χ3n) is 6.48. The molecule has 5 rings (SSSR count). The van der Waals surface area contributed by atoms with E-state index >= 15 is 0 Å². The molecule has 2 heterocycles. The molecule has 0 unspecified atom stereocenters. The number of rotatable bonds is 6. The van der Waals surface area contributed by atoms with Gasteiger partial charge in [0.1, 0.15) is 5.75 Å². The first-order chi connectivity index (χ1) is 16.8. The van der Waals surface area contributed by atoms with Crippen molar-refractivity contribution in [2.45, 2.75) is 6.54 Å². The molecule has 176 valence electrons.